The molecule has 0 aliphatic heterocycles. The molecule has 0 heterocycles. The van der Waals surface area contributed by atoms with Crippen LogP contribution in [0.4, 0.5) is 0 Å². The van der Waals surface area contributed by atoms with Crippen LogP contribution in [0, 0.1) is 6.92 Å². The van der Waals surface area contributed by atoms with Gasteiger partial charge in [0, 0.05) is 12.6 Å². The summed E-state index contributed by atoms with van der Waals surface area (Å²) in [6.45, 7) is 9.94. The van der Waals surface area contributed by atoms with Gasteiger partial charge < -0.3 is 10.6 Å². The van der Waals surface area contributed by atoms with Crippen LogP contribution in [0.2, 0.25) is 0 Å². The Balaban J connectivity index is 2.53. The Labute approximate surface area is 119 Å². The minimum Gasteiger partial charge on any atom is -0.323 e. The van der Waals surface area contributed by atoms with Gasteiger partial charge in [-0.25, -0.2) is 0 Å². The summed E-state index contributed by atoms with van der Waals surface area (Å²) in [5.74, 6) is 0. The highest BCUT2D eigenvalue weighted by Crippen LogP contribution is 2.13. The topological polar surface area (TPSA) is 29.3 Å². The molecule has 108 valence electrons. The van der Waals surface area contributed by atoms with Crippen LogP contribution in [-0.2, 0) is 0 Å². The molecule has 0 aromatic heterocycles. The van der Waals surface area contributed by atoms with Crippen molar-refractivity contribution in [1.29, 1.82) is 0 Å². The van der Waals surface area contributed by atoms with Crippen molar-refractivity contribution in [2.75, 3.05) is 19.6 Å². The van der Waals surface area contributed by atoms with E-state index in [1.165, 1.54) is 49.9 Å². The lowest BCUT2D eigenvalue weighted by atomic mass is 10.1. The first kappa shape index (κ1) is 16.2. The molecule has 0 amide bonds. The molecule has 0 radical (unpaired) electrons. The van der Waals surface area contributed by atoms with Crippen LogP contribution >= 0.6 is 0 Å². The summed E-state index contributed by atoms with van der Waals surface area (Å²) in [6.07, 6.45) is 5.04. The van der Waals surface area contributed by atoms with E-state index in [0.717, 1.165) is 6.54 Å². The zero-order valence-electron chi connectivity index (χ0n) is 12.9. The Hall–Kier alpha value is -0.860. The number of aryl methyl sites for hydroxylation is 1. The van der Waals surface area contributed by atoms with Crippen LogP contribution in [-0.4, -0.2) is 24.5 Å². The van der Waals surface area contributed by atoms with Gasteiger partial charge in [0.2, 0.25) is 0 Å². The summed E-state index contributed by atoms with van der Waals surface area (Å²) in [5, 5.41) is 0. The first-order valence-electron chi connectivity index (χ1n) is 7.71. The normalized spacial score (nSPS) is 12.9. The molecule has 1 unspecified atom stereocenters. The minimum absolute atomic E-state index is 0.134. The molecule has 0 fully saturated rings. The fraction of sp³-hybridized carbons (Fsp3) is 0.647. The quantitative estimate of drug-likeness (QED) is 0.731. The Morgan fingerprint density at radius 3 is 2.00 bits per heavy atom. The summed E-state index contributed by atoms with van der Waals surface area (Å²) in [6, 6.07) is 8.76. The van der Waals surface area contributed by atoms with Gasteiger partial charge in [0.05, 0.1) is 0 Å². The van der Waals surface area contributed by atoms with Crippen molar-refractivity contribution < 1.29 is 0 Å². The van der Waals surface area contributed by atoms with Crippen LogP contribution in [0.15, 0.2) is 24.3 Å². The van der Waals surface area contributed by atoms with Crippen molar-refractivity contribution in [3.63, 3.8) is 0 Å². The fourth-order valence-corrected chi connectivity index (χ4v) is 2.26. The molecule has 1 aromatic rings. The van der Waals surface area contributed by atoms with Gasteiger partial charge in [-0.1, -0.05) is 56.5 Å². The second kappa shape index (κ2) is 9.11. The highest BCUT2D eigenvalue weighted by Gasteiger charge is 2.11. The van der Waals surface area contributed by atoms with E-state index in [4.69, 9.17) is 5.73 Å². The highest BCUT2D eigenvalue weighted by atomic mass is 15.1. The van der Waals surface area contributed by atoms with Crippen molar-refractivity contribution >= 4 is 0 Å². The standard InChI is InChI=1S/C17H30N2/c1-4-6-12-19(13-7-5-2)14-17(18)16-10-8-15(3)9-11-16/h8-11,17H,4-7,12-14,18H2,1-3H3. The number of nitrogens with two attached hydrogens (primary N) is 1. The molecule has 1 atom stereocenters. The van der Waals surface area contributed by atoms with Crippen molar-refractivity contribution in [3.05, 3.63) is 35.4 Å². The molecule has 1 aromatic carbocycles. The summed E-state index contributed by atoms with van der Waals surface area (Å²) < 4.78 is 0. The zero-order chi connectivity index (χ0) is 14.1. The lowest BCUT2D eigenvalue weighted by Crippen LogP contribution is -2.33. The van der Waals surface area contributed by atoms with E-state index in [2.05, 4.69) is 49.9 Å². The van der Waals surface area contributed by atoms with E-state index >= 15 is 0 Å². The predicted molar refractivity (Wildman–Crippen MR) is 84.4 cm³/mol. The summed E-state index contributed by atoms with van der Waals surface area (Å²) in [4.78, 5) is 2.53. The maximum atomic E-state index is 6.35. The van der Waals surface area contributed by atoms with E-state index in [9.17, 15) is 0 Å². The SMILES string of the molecule is CCCCN(CCCC)CC(N)c1ccc(C)cc1. The summed E-state index contributed by atoms with van der Waals surface area (Å²) in [7, 11) is 0. The summed E-state index contributed by atoms with van der Waals surface area (Å²) >= 11 is 0. The third kappa shape index (κ3) is 6.22. The zero-order valence-corrected chi connectivity index (χ0v) is 12.9. The third-order valence-electron chi connectivity index (χ3n) is 3.62. The number of hydrogen-bond donors (Lipinski definition) is 1. The molecule has 0 spiro atoms. The van der Waals surface area contributed by atoms with Crippen LogP contribution in [0.5, 0.6) is 0 Å². The third-order valence-corrected chi connectivity index (χ3v) is 3.62. The van der Waals surface area contributed by atoms with Gasteiger partial charge in [-0.2, -0.15) is 0 Å². The lowest BCUT2D eigenvalue weighted by Gasteiger charge is -2.25. The van der Waals surface area contributed by atoms with Crippen molar-refractivity contribution in [2.45, 2.75) is 52.5 Å². The Bertz CT molecular complexity index is 324. The molecule has 0 bridgehead atoms. The highest BCUT2D eigenvalue weighted by molar-refractivity contribution is 5.24. The Morgan fingerprint density at radius 1 is 1.00 bits per heavy atom. The van der Waals surface area contributed by atoms with Gasteiger partial charge in [-0.05, 0) is 38.4 Å². The van der Waals surface area contributed by atoms with Gasteiger partial charge in [-0.15, -0.1) is 0 Å². The number of hydrogen-bond acceptors (Lipinski definition) is 2. The van der Waals surface area contributed by atoms with E-state index in [0.29, 0.717) is 0 Å². The number of rotatable bonds is 9. The van der Waals surface area contributed by atoms with Gasteiger partial charge in [0.15, 0.2) is 0 Å². The van der Waals surface area contributed by atoms with Crippen LogP contribution < -0.4 is 5.73 Å². The predicted octanol–water partition coefficient (Wildman–Crippen LogP) is 3.90. The van der Waals surface area contributed by atoms with Gasteiger partial charge in [-0.3, -0.25) is 0 Å². The molecule has 0 saturated heterocycles. The van der Waals surface area contributed by atoms with Crippen LogP contribution in [0.25, 0.3) is 0 Å². The second-order valence-corrected chi connectivity index (χ2v) is 5.52. The largest absolute Gasteiger partial charge is 0.323 e. The molecular weight excluding hydrogens is 232 g/mol. The lowest BCUT2D eigenvalue weighted by molar-refractivity contribution is 0.250. The van der Waals surface area contributed by atoms with Gasteiger partial charge in [0.1, 0.15) is 0 Å². The maximum Gasteiger partial charge on any atom is 0.0424 e. The second-order valence-electron chi connectivity index (χ2n) is 5.52. The number of nitrogens with zero attached hydrogens (tertiary/aromatic N) is 1. The molecular formula is C17H30N2. The number of unbranched alkanes of at least 4 members (excludes halogenated alkanes) is 2. The average molecular weight is 262 g/mol. The van der Waals surface area contributed by atoms with Gasteiger partial charge in [0.25, 0.3) is 0 Å². The Kier molecular flexibility index (Phi) is 7.76. The van der Waals surface area contributed by atoms with Crippen LogP contribution in [0.3, 0.4) is 0 Å². The maximum absolute atomic E-state index is 6.35. The minimum atomic E-state index is 0.134. The monoisotopic (exact) mass is 262 g/mol. The molecule has 0 aliphatic carbocycles. The Morgan fingerprint density at radius 2 is 1.53 bits per heavy atom. The number of benzene rings is 1. The smallest absolute Gasteiger partial charge is 0.0424 e. The van der Waals surface area contributed by atoms with Gasteiger partial charge >= 0.3 is 0 Å². The molecule has 0 aliphatic rings. The first-order chi connectivity index (χ1) is 9.17. The molecule has 2 heteroatoms. The molecule has 2 nitrogen and oxygen atoms in total. The van der Waals surface area contributed by atoms with Crippen molar-refractivity contribution in [3.8, 4) is 0 Å². The summed E-state index contributed by atoms with van der Waals surface area (Å²) in [5.41, 5.74) is 8.90. The molecule has 1 rings (SSSR count). The molecule has 2 N–H and O–H groups in total. The van der Waals surface area contributed by atoms with E-state index in [1.54, 1.807) is 0 Å². The van der Waals surface area contributed by atoms with Crippen molar-refractivity contribution in [1.82, 2.24) is 4.90 Å². The average Bonchev–Trinajstić information content (AvgIpc) is 2.42. The fourth-order valence-electron chi connectivity index (χ4n) is 2.26. The van der Waals surface area contributed by atoms with E-state index in [1.807, 2.05) is 0 Å². The van der Waals surface area contributed by atoms with Crippen LogP contribution in [0.1, 0.15) is 56.7 Å². The first-order valence-corrected chi connectivity index (χ1v) is 7.71. The molecule has 19 heavy (non-hydrogen) atoms. The molecule has 0 saturated carbocycles. The van der Waals surface area contributed by atoms with E-state index < -0.39 is 0 Å². The van der Waals surface area contributed by atoms with Crippen molar-refractivity contribution in [2.24, 2.45) is 5.73 Å². The van der Waals surface area contributed by atoms with E-state index in [-0.39, 0.29) is 6.04 Å².